The van der Waals surface area contributed by atoms with Crippen LogP contribution >= 0.6 is 0 Å². The van der Waals surface area contributed by atoms with Crippen LogP contribution in [0.1, 0.15) is 38.1 Å². The van der Waals surface area contributed by atoms with Crippen LogP contribution in [0.25, 0.3) is 0 Å². The van der Waals surface area contributed by atoms with Crippen LogP contribution in [0.4, 0.5) is 0 Å². The average molecular weight is 413 g/mol. The summed E-state index contributed by atoms with van der Waals surface area (Å²) in [5.74, 6) is -1.61. The number of amides is 2. The summed E-state index contributed by atoms with van der Waals surface area (Å²) in [5.41, 5.74) is 0.190. The number of carbonyl (C=O) groups is 3. The molecule has 156 valence electrons. The largest absolute Gasteiger partial charge is 0.454 e. The maximum Gasteiger partial charge on any atom is 0.325 e. The predicted molar refractivity (Wildman–Crippen MR) is 103 cm³/mol. The van der Waals surface area contributed by atoms with Crippen molar-refractivity contribution in [1.82, 2.24) is 14.9 Å². The minimum atomic E-state index is -3.65. The number of likely N-dealkylation sites (N-methyl/N-ethyl adjacent to an activating group) is 1. The summed E-state index contributed by atoms with van der Waals surface area (Å²) >= 11 is 0. The van der Waals surface area contributed by atoms with E-state index in [0.29, 0.717) is 13.1 Å². The maximum atomic E-state index is 12.1. The van der Waals surface area contributed by atoms with Gasteiger partial charge in [0.2, 0.25) is 10.0 Å². The van der Waals surface area contributed by atoms with E-state index in [-0.39, 0.29) is 29.0 Å². The Kier molecular flexibility index (Phi) is 9.07. The van der Waals surface area contributed by atoms with Crippen LogP contribution in [0.2, 0.25) is 0 Å². The number of carbonyl (C=O) groups excluding carboxylic acids is 3. The second-order valence-electron chi connectivity index (χ2n) is 6.21. The molecule has 0 aromatic heterocycles. The smallest absolute Gasteiger partial charge is 0.325 e. The molecule has 1 aromatic carbocycles. The normalized spacial score (nSPS) is 11.2. The molecular formula is C18H27N3O6S. The fourth-order valence-corrected chi connectivity index (χ4v) is 3.53. The van der Waals surface area contributed by atoms with Crippen LogP contribution in [0.15, 0.2) is 29.2 Å². The fraction of sp³-hybridized carbons (Fsp3) is 0.500. The van der Waals surface area contributed by atoms with Crippen molar-refractivity contribution in [3.63, 3.8) is 0 Å². The van der Waals surface area contributed by atoms with Gasteiger partial charge in [-0.3, -0.25) is 14.4 Å². The van der Waals surface area contributed by atoms with Gasteiger partial charge in [-0.05, 0) is 52.0 Å². The molecule has 0 aliphatic heterocycles. The van der Waals surface area contributed by atoms with Gasteiger partial charge in [0, 0.05) is 24.7 Å². The topological polar surface area (TPSA) is 122 Å². The monoisotopic (exact) mass is 413 g/mol. The molecule has 0 aliphatic carbocycles. The number of rotatable bonds is 10. The number of hydrogen-bond donors (Lipinski definition) is 2. The van der Waals surface area contributed by atoms with E-state index in [1.54, 1.807) is 13.8 Å². The maximum absolute atomic E-state index is 12.1. The van der Waals surface area contributed by atoms with Crippen LogP contribution in [0.5, 0.6) is 0 Å². The molecule has 0 fully saturated rings. The highest BCUT2D eigenvalue weighted by atomic mass is 32.2. The van der Waals surface area contributed by atoms with Crippen molar-refractivity contribution >= 4 is 27.8 Å². The van der Waals surface area contributed by atoms with Crippen LogP contribution in [0.3, 0.4) is 0 Å². The Hall–Kier alpha value is -2.46. The third-order valence-electron chi connectivity index (χ3n) is 3.68. The molecule has 10 heteroatoms. The van der Waals surface area contributed by atoms with Gasteiger partial charge >= 0.3 is 5.97 Å². The van der Waals surface area contributed by atoms with Crippen LogP contribution in [0, 0.1) is 0 Å². The number of nitrogens with one attached hydrogen (secondary N) is 2. The third-order valence-corrected chi connectivity index (χ3v) is 5.36. The van der Waals surface area contributed by atoms with Crippen LogP contribution < -0.4 is 10.0 Å². The van der Waals surface area contributed by atoms with Crippen molar-refractivity contribution < 1.29 is 27.5 Å². The van der Waals surface area contributed by atoms with Crippen LogP contribution in [-0.4, -0.2) is 63.4 Å². The molecule has 0 atom stereocenters. The molecule has 1 aromatic rings. The van der Waals surface area contributed by atoms with E-state index in [1.165, 1.54) is 29.2 Å². The van der Waals surface area contributed by atoms with Gasteiger partial charge in [0.15, 0.2) is 6.61 Å². The SMILES string of the molecule is CCN(CC)C(=O)COC(=O)CNC(=O)c1ccc(S(=O)(=O)NC(C)C)cc1. The molecule has 2 N–H and O–H groups in total. The van der Waals surface area contributed by atoms with Gasteiger partial charge in [-0.15, -0.1) is 0 Å². The zero-order valence-corrected chi connectivity index (χ0v) is 17.3. The number of nitrogens with zero attached hydrogens (tertiary/aromatic N) is 1. The summed E-state index contributed by atoms with van der Waals surface area (Å²) in [6.45, 7) is 7.29. The standard InChI is InChI=1S/C18H27N3O6S/c1-5-21(6-2)16(22)12-27-17(23)11-19-18(24)14-7-9-15(10-8-14)28(25,26)20-13(3)4/h7-10,13,20H,5-6,11-12H2,1-4H3,(H,19,24). The van der Waals surface area contributed by atoms with Crippen molar-refractivity contribution in [2.24, 2.45) is 0 Å². The Bertz CT molecular complexity index is 786. The van der Waals surface area contributed by atoms with Crippen LogP contribution in [-0.2, 0) is 24.3 Å². The molecule has 0 heterocycles. The summed E-state index contributed by atoms with van der Waals surface area (Å²) in [6.07, 6.45) is 0. The molecule has 0 unspecified atom stereocenters. The van der Waals surface area contributed by atoms with E-state index in [2.05, 4.69) is 10.0 Å². The zero-order chi connectivity index (χ0) is 21.3. The summed E-state index contributed by atoms with van der Waals surface area (Å²) < 4.78 is 31.4. The van der Waals surface area contributed by atoms with Crippen molar-refractivity contribution in [2.45, 2.75) is 38.6 Å². The average Bonchev–Trinajstić information content (AvgIpc) is 2.64. The van der Waals surface area contributed by atoms with Gasteiger partial charge in [-0.2, -0.15) is 0 Å². The molecule has 28 heavy (non-hydrogen) atoms. The molecule has 0 bridgehead atoms. The van der Waals surface area contributed by atoms with Gasteiger partial charge in [-0.25, -0.2) is 13.1 Å². The molecule has 0 radical (unpaired) electrons. The second kappa shape index (κ2) is 10.8. The highest BCUT2D eigenvalue weighted by molar-refractivity contribution is 7.89. The van der Waals surface area contributed by atoms with Gasteiger partial charge in [0.05, 0.1) is 4.90 Å². The van der Waals surface area contributed by atoms with E-state index in [9.17, 15) is 22.8 Å². The van der Waals surface area contributed by atoms with Crippen molar-refractivity contribution in [3.8, 4) is 0 Å². The quantitative estimate of drug-likeness (QED) is 0.539. The first-order valence-corrected chi connectivity index (χ1v) is 10.4. The van der Waals surface area contributed by atoms with E-state index < -0.39 is 28.4 Å². The number of benzene rings is 1. The zero-order valence-electron chi connectivity index (χ0n) is 16.5. The minimum absolute atomic E-state index is 0.0343. The molecule has 2 amide bonds. The highest BCUT2D eigenvalue weighted by Crippen LogP contribution is 2.11. The number of esters is 1. The first-order chi connectivity index (χ1) is 13.1. The number of ether oxygens (including phenoxy) is 1. The predicted octanol–water partition coefficient (Wildman–Crippen LogP) is 0.515. The molecule has 9 nitrogen and oxygen atoms in total. The van der Waals surface area contributed by atoms with E-state index in [4.69, 9.17) is 4.74 Å². The van der Waals surface area contributed by atoms with Crippen molar-refractivity contribution in [3.05, 3.63) is 29.8 Å². The first kappa shape index (κ1) is 23.6. The second-order valence-corrected chi connectivity index (χ2v) is 7.92. The highest BCUT2D eigenvalue weighted by Gasteiger charge is 2.17. The lowest BCUT2D eigenvalue weighted by molar-refractivity contribution is -0.151. The van der Waals surface area contributed by atoms with E-state index in [1.807, 2.05) is 13.8 Å². The van der Waals surface area contributed by atoms with E-state index >= 15 is 0 Å². The van der Waals surface area contributed by atoms with E-state index in [0.717, 1.165) is 0 Å². The van der Waals surface area contributed by atoms with Gasteiger partial charge in [0.25, 0.3) is 11.8 Å². The van der Waals surface area contributed by atoms with Gasteiger partial charge in [0.1, 0.15) is 6.54 Å². The fourth-order valence-electron chi connectivity index (χ4n) is 2.28. The lowest BCUT2D eigenvalue weighted by Crippen LogP contribution is -2.36. The van der Waals surface area contributed by atoms with Gasteiger partial charge < -0.3 is 15.0 Å². The lowest BCUT2D eigenvalue weighted by Gasteiger charge is -2.18. The summed E-state index contributed by atoms with van der Waals surface area (Å²) in [5, 5.41) is 2.37. The molecule has 0 saturated carbocycles. The molecule has 0 aliphatic rings. The Labute approximate surface area is 165 Å². The summed E-state index contributed by atoms with van der Waals surface area (Å²) in [4.78, 5) is 37.1. The first-order valence-electron chi connectivity index (χ1n) is 8.94. The third kappa shape index (κ3) is 7.28. The number of hydrogen-bond acceptors (Lipinski definition) is 6. The molecule has 1 rings (SSSR count). The number of sulfonamides is 1. The van der Waals surface area contributed by atoms with Crippen molar-refractivity contribution in [1.29, 1.82) is 0 Å². The minimum Gasteiger partial charge on any atom is -0.454 e. The molecule has 0 saturated heterocycles. The van der Waals surface area contributed by atoms with Gasteiger partial charge in [-0.1, -0.05) is 0 Å². The Balaban J connectivity index is 2.55. The lowest BCUT2D eigenvalue weighted by atomic mass is 10.2. The Morgan fingerprint density at radius 3 is 2.14 bits per heavy atom. The summed E-state index contributed by atoms with van der Waals surface area (Å²) in [7, 11) is -3.65. The summed E-state index contributed by atoms with van der Waals surface area (Å²) in [6, 6.07) is 5.05. The Morgan fingerprint density at radius 1 is 1.07 bits per heavy atom. The molecular weight excluding hydrogens is 386 g/mol. The Morgan fingerprint density at radius 2 is 1.64 bits per heavy atom. The van der Waals surface area contributed by atoms with Crippen molar-refractivity contribution in [2.75, 3.05) is 26.2 Å². The molecule has 0 spiro atoms.